The number of aliphatic hydroxyl groups excluding tert-OH is 2. The van der Waals surface area contributed by atoms with Crippen LogP contribution in [0.5, 0.6) is 0 Å². The van der Waals surface area contributed by atoms with E-state index in [1.807, 2.05) is 0 Å². The average molecular weight is 304 g/mol. The van der Waals surface area contributed by atoms with Gasteiger partial charge in [0.15, 0.2) is 0 Å². The maximum atomic E-state index is 9.52. The Labute approximate surface area is 135 Å². The van der Waals surface area contributed by atoms with E-state index in [0.717, 1.165) is 19.3 Å². The second-order valence-corrected chi connectivity index (χ2v) is 8.74. The number of hydrogen-bond donors (Lipinski definition) is 2. The molecule has 0 heterocycles. The van der Waals surface area contributed by atoms with Gasteiger partial charge in [0.25, 0.3) is 0 Å². The molecular formula is C20H32O2. The summed E-state index contributed by atoms with van der Waals surface area (Å²) in [5, 5.41) is 19.0. The van der Waals surface area contributed by atoms with Crippen molar-refractivity contribution in [3.05, 3.63) is 23.8 Å². The Kier molecular flexibility index (Phi) is 3.85. The van der Waals surface area contributed by atoms with Crippen molar-refractivity contribution in [2.75, 3.05) is 13.2 Å². The van der Waals surface area contributed by atoms with E-state index in [1.165, 1.54) is 5.57 Å². The van der Waals surface area contributed by atoms with Crippen molar-refractivity contribution in [2.24, 2.45) is 40.4 Å². The van der Waals surface area contributed by atoms with Crippen LogP contribution in [0.3, 0.4) is 0 Å². The van der Waals surface area contributed by atoms with Crippen molar-refractivity contribution >= 4 is 0 Å². The normalized spacial score (nSPS) is 45.8. The Bertz CT molecular complexity index is 504. The van der Waals surface area contributed by atoms with Gasteiger partial charge in [0.2, 0.25) is 0 Å². The highest BCUT2D eigenvalue weighted by molar-refractivity contribution is 5.45. The minimum absolute atomic E-state index is 0.202. The van der Waals surface area contributed by atoms with E-state index in [9.17, 15) is 10.2 Å². The highest BCUT2D eigenvalue weighted by atomic mass is 16.3. The minimum Gasteiger partial charge on any atom is -0.396 e. The first-order valence-corrected chi connectivity index (χ1v) is 8.92. The van der Waals surface area contributed by atoms with E-state index >= 15 is 0 Å². The maximum Gasteiger partial charge on any atom is 0.0436 e. The molecule has 0 radical (unpaired) electrons. The van der Waals surface area contributed by atoms with Crippen LogP contribution >= 0.6 is 0 Å². The van der Waals surface area contributed by atoms with E-state index in [4.69, 9.17) is 0 Å². The van der Waals surface area contributed by atoms with E-state index in [1.54, 1.807) is 5.57 Å². The number of aliphatic hydroxyl groups is 2. The Balaban J connectivity index is 2.04. The molecule has 3 aliphatic carbocycles. The molecule has 0 spiro atoms. The number of fused-ring (bicyclic) bond motifs is 3. The lowest BCUT2D eigenvalue weighted by Crippen LogP contribution is -2.45. The zero-order valence-corrected chi connectivity index (χ0v) is 14.6. The van der Waals surface area contributed by atoms with Gasteiger partial charge < -0.3 is 10.2 Å². The van der Waals surface area contributed by atoms with Crippen LogP contribution in [-0.4, -0.2) is 23.4 Å². The van der Waals surface area contributed by atoms with Gasteiger partial charge >= 0.3 is 0 Å². The molecule has 0 amide bonds. The quantitative estimate of drug-likeness (QED) is 0.829. The smallest absolute Gasteiger partial charge is 0.0436 e. The highest BCUT2D eigenvalue weighted by Crippen LogP contribution is 2.76. The summed E-state index contributed by atoms with van der Waals surface area (Å²) in [5.41, 5.74) is 3.38. The average Bonchev–Trinajstić information content (AvgIpc) is 3.04. The predicted molar refractivity (Wildman–Crippen MR) is 90.3 cm³/mol. The Morgan fingerprint density at radius 1 is 1.18 bits per heavy atom. The fourth-order valence-electron chi connectivity index (χ4n) is 6.33. The maximum absolute atomic E-state index is 9.52. The van der Waals surface area contributed by atoms with E-state index in [0.29, 0.717) is 35.0 Å². The van der Waals surface area contributed by atoms with Crippen LogP contribution in [0.15, 0.2) is 23.8 Å². The van der Waals surface area contributed by atoms with Crippen LogP contribution in [0.4, 0.5) is 0 Å². The molecule has 6 unspecified atom stereocenters. The molecule has 6 atom stereocenters. The van der Waals surface area contributed by atoms with Crippen molar-refractivity contribution < 1.29 is 10.2 Å². The summed E-state index contributed by atoms with van der Waals surface area (Å²) >= 11 is 0. The van der Waals surface area contributed by atoms with Gasteiger partial charge in [-0.3, -0.25) is 0 Å². The van der Waals surface area contributed by atoms with Crippen molar-refractivity contribution in [3.8, 4) is 0 Å². The minimum atomic E-state index is 0.202. The van der Waals surface area contributed by atoms with Crippen LogP contribution in [0.2, 0.25) is 0 Å². The largest absolute Gasteiger partial charge is 0.396 e. The molecule has 3 rings (SSSR count). The van der Waals surface area contributed by atoms with Crippen LogP contribution in [0.25, 0.3) is 0 Å². The van der Waals surface area contributed by atoms with Crippen LogP contribution in [-0.2, 0) is 0 Å². The number of allylic oxidation sites excluding steroid dienone is 3. The van der Waals surface area contributed by atoms with Gasteiger partial charge in [-0.05, 0) is 59.7 Å². The third-order valence-corrected chi connectivity index (χ3v) is 7.49. The molecule has 2 saturated carbocycles. The predicted octanol–water partition coefficient (Wildman–Crippen LogP) is 3.80. The summed E-state index contributed by atoms with van der Waals surface area (Å²) < 4.78 is 0. The molecule has 124 valence electrons. The fourth-order valence-corrected chi connectivity index (χ4v) is 6.33. The van der Waals surface area contributed by atoms with Gasteiger partial charge in [0, 0.05) is 13.2 Å². The van der Waals surface area contributed by atoms with Crippen molar-refractivity contribution in [3.63, 3.8) is 0 Å². The molecule has 0 aromatic carbocycles. The van der Waals surface area contributed by atoms with Gasteiger partial charge in [-0.15, -0.1) is 0 Å². The molecular weight excluding hydrogens is 272 g/mol. The van der Waals surface area contributed by atoms with Gasteiger partial charge in [0.05, 0.1) is 0 Å². The van der Waals surface area contributed by atoms with Gasteiger partial charge in [-0.2, -0.15) is 0 Å². The molecule has 3 aliphatic rings. The van der Waals surface area contributed by atoms with Crippen molar-refractivity contribution in [1.82, 2.24) is 0 Å². The van der Waals surface area contributed by atoms with Crippen LogP contribution in [0, 0.1) is 40.4 Å². The van der Waals surface area contributed by atoms with Gasteiger partial charge in [-0.25, -0.2) is 0 Å². The molecule has 0 aromatic heterocycles. The summed E-state index contributed by atoms with van der Waals surface area (Å²) in [6.07, 6.45) is 5.22. The third kappa shape index (κ3) is 1.99. The molecule has 0 aliphatic heterocycles. The Morgan fingerprint density at radius 2 is 1.82 bits per heavy atom. The number of rotatable bonds is 4. The summed E-state index contributed by atoms with van der Waals surface area (Å²) in [5.74, 6) is 2.89. The van der Waals surface area contributed by atoms with Crippen LogP contribution < -0.4 is 0 Å². The second kappa shape index (κ2) is 5.21. The molecule has 0 aromatic rings. The molecule has 2 fully saturated rings. The van der Waals surface area contributed by atoms with E-state index in [2.05, 4.69) is 40.3 Å². The summed E-state index contributed by atoms with van der Waals surface area (Å²) in [6, 6.07) is 0. The lowest BCUT2D eigenvalue weighted by molar-refractivity contribution is 0.0422. The zero-order valence-electron chi connectivity index (χ0n) is 14.6. The molecule has 22 heavy (non-hydrogen) atoms. The summed E-state index contributed by atoms with van der Waals surface area (Å²) in [4.78, 5) is 0. The van der Waals surface area contributed by atoms with Crippen LogP contribution in [0.1, 0.15) is 47.0 Å². The third-order valence-electron chi connectivity index (χ3n) is 7.49. The Morgan fingerprint density at radius 3 is 2.41 bits per heavy atom. The SMILES string of the molecule is C=C1C=C2C(CCO)CC(CCO)C(C)C2(C)C2C1C2(C)C. The van der Waals surface area contributed by atoms with E-state index in [-0.39, 0.29) is 18.6 Å². The summed E-state index contributed by atoms with van der Waals surface area (Å²) in [6.45, 7) is 14.5. The van der Waals surface area contributed by atoms with Gasteiger partial charge in [-0.1, -0.05) is 51.5 Å². The topological polar surface area (TPSA) is 40.5 Å². The fraction of sp³-hybridized carbons (Fsp3) is 0.800. The highest BCUT2D eigenvalue weighted by Gasteiger charge is 2.70. The van der Waals surface area contributed by atoms with Crippen molar-refractivity contribution in [2.45, 2.75) is 47.0 Å². The first-order chi connectivity index (χ1) is 10.3. The summed E-state index contributed by atoms with van der Waals surface area (Å²) in [7, 11) is 0. The van der Waals surface area contributed by atoms with Gasteiger partial charge in [0.1, 0.15) is 0 Å². The molecule has 2 nitrogen and oxygen atoms in total. The Hall–Kier alpha value is -0.600. The molecule has 0 saturated heterocycles. The lowest BCUT2D eigenvalue weighted by Gasteiger charge is -2.53. The molecule has 2 N–H and O–H groups in total. The molecule has 0 bridgehead atoms. The standard InChI is InChI=1S/C20H32O2/c1-12-10-16-15(7-9-22)11-14(6-8-21)13(2)20(16,5)18-17(12)19(18,3)4/h10,13-15,17-18,21-22H,1,6-9,11H2,2-5H3. The first-order valence-electron chi connectivity index (χ1n) is 8.92. The second-order valence-electron chi connectivity index (χ2n) is 8.74. The molecule has 2 heteroatoms. The lowest BCUT2D eigenvalue weighted by atomic mass is 9.52. The monoisotopic (exact) mass is 304 g/mol. The van der Waals surface area contributed by atoms with E-state index < -0.39 is 0 Å². The number of hydrogen-bond acceptors (Lipinski definition) is 2. The first kappa shape index (κ1) is 16.3. The zero-order chi connectivity index (χ0) is 16.3. The van der Waals surface area contributed by atoms with Crippen molar-refractivity contribution in [1.29, 1.82) is 0 Å².